The molecule has 2 heterocycles. The van der Waals surface area contributed by atoms with Crippen LogP contribution in [-0.4, -0.2) is 16.8 Å². The first-order valence-corrected chi connectivity index (χ1v) is 12.2. The molecule has 0 bridgehead atoms. The van der Waals surface area contributed by atoms with E-state index in [-0.39, 0.29) is 11.3 Å². The van der Waals surface area contributed by atoms with Gasteiger partial charge in [-0.1, -0.05) is 78.9 Å². The van der Waals surface area contributed by atoms with Crippen LogP contribution in [0.15, 0.2) is 131 Å². The number of hydrogen-bond donors (Lipinski definition) is 1. The quantitative estimate of drug-likeness (QED) is 0.248. The fraction of sp³-hybridized carbons (Fsp3) is 0.0625. The number of ketones is 1. The third kappa shape index (κ3) is 4.22. The van der Waals surface area contributed by atoms with E-state index < -0.39 is 23.5 Å². The standard InChI is InChI=1S/C32H23NO5/c34-30(27-19-23-11-7-8-14-26(23)38-27)28-29(33(32(36)31(28)35)24-12-5-2-6-13-24)22-15-17-25(18-16-22)37-20-21-9-3-1-4-10-21/h1-19,29,35H,20H2. The molecule has 0 radical (unpaired) electrons. The van der Waals surface area contributed by atoms with Crippen molar-refractivity contribution in [2.75, 3.05) is 4.90 Å². The lowest BCUT2D eigenvalue weighted by Gasteiger charge is -2.27. The van der Waals surface area contributed by atoms with Gasteiger partial charge in [-0.15, -0.1) is 0 Å². The molecule has 0 saturated heterocycles. The van der Waals surface area contributed by atoms with Gasteiger partial charge in [-0.2, -0.15) is 0 Å². The number of benzene rings is 4. The van der Waals surface area contributed by atoms with Crippen molar-refractivity contribution in [3.63, 3.8) is 0 Å². The molecule has 1 aromatic heterocycles. The van der Waals surface area contributed by atoms with Crippen molar-refractivity contribution in [1.82, 2.24) is 0 Å². The molecule has 1 atom stereocenters. The van der Waals surface area contributed by atoms with Gasteiger partial charge in [0, 0.05) is 11.1 Å². The van der Waals surface area contributed by atoms with Crippen LogP contribution >= 0.6 is 0 Å². The van der Waals surface area contributed by atoms with E-state index in [4.69, 9.17) is 9.15 Å². The molecule has 0 aliphatic carbocycles. The molecule has 38 heavy (non-hydrogen) atoms. The highest BCUT2D eigenvalue weighted by atomic mass is 16.5. The molecule has 0 spiro atoms. The van der Waals surface area contributed by atoms with Crippen molar-refractivity contribution in [2.24, 2.45) is 0 Å². The van der Waals surface area contributed by atoms with Crippen molar-refractivity contribution in [2.45, 2.75) is 12.6 Å². The molecule has 1 aliphatic heterocycles. The Labute approximate surface area is 219 Å². The maximum Gasteiger partial charge on any atom is 0.294 e. The van der Waals surface area contributed by atoms with E-state index >= 15 is 0 Å². The number of para-hydroxylation sites is 2. The topological polar surface area (TPSA) is 80.0 Å². The average Bonchev–Trinajstić information content (AvgIpc) is 3.52. The fourth-order valence-corrected chi connectivity index (χ4v) is 4.72. The molecule has 1 amide bonds. The van der Waals surface area contributed by atoms with Gasteiger partial charge in [0.25, 0.3) is 5.91 Å². The lowest BCUT2D eigenvalue weighted by atomic mass is 9.94. The lowest BCUT2D eigenvalue weighted by molar-refractivity contribution is -0.117. The second kappa shape index (κ2) is 9.75. The molecule has 1 N–H and O–H groups in total. The van der Waals surface area contributed by atoms with E-state index in [1.807, 2.05) is 54.6 Å². The van der Waals surface area contributed by atoms with Gasteiger partial charge in [-0.05, 0) is 47.5 Å². The van der Waals surface area contributed by atoms with Crippen LogP contribution < -0.4 is 9.64 Å². The molecule has 6 heteroatoms. The van der Waals surface area contributed by atoms with Crippen LogP contribution in [0, 0.1) is 0 Å². The van der Waals surface area contributed by atoms with Crippen LogP contribution in [-0.2, 0) is 11.4 Å². The highest BCUT2D eigenvalue weighted by molar-refractivity contribution is 6.20. The molecule has 186 valence electrons. The summed E-state index contributed by atoms with van der Waals surface area (Å²) in [6, 6.07) is 34.1. The summed E-state index contributed by atoms with van der Waals surface area (Å²) in [6.07, 6.45) is 0. The van der Waals surface area contributed by atoms with E-state index in [2.05, 4.69) is 0 Å². The predicted octanol–water partition coefficient (Wildman–Crippen LogP) is 6.79. The van der Waals surface area contributed by atoms with Crippen LogP contribution in [0.3, 0.4) is 0 Å². The molecule has 0 fully saturated rings. The third-order valence-corrected chi connectivity index (χ3v) is 6.58. The number of carbonyl (C=O) groups is 2. The van der Waals surface area contributed by atoms with Crippen molar-refractivity contribution >= 4 is 28.3 Å². The van der Waals surface area contributed by atoms with Gasteiger partial charge in [0.15, 0.2) is 11.5 Å². The minimum absolute atomic E-state index is 0.0316. The number of anilines is 1. The summed E-state index contributed by atoms with van der Waals surface area (Å²) in [5, 5.41) is 11.8. The Bertz CT molecular complexity index is 1620. The molecule has 0 saturated carbocycles. The van der Waals surface area contributed by atoms with E-state index in [1.54, 1.807) is 60.7 Å². The van der Waals surface area contributed by atoms with Gasteiger partial charge in [0.1, 0.15) is 17.9 Å². The minimum atomic E-state index is -0.853. The molecule has 5 aromatic rings. The number of hydrogen-bond acceptors (Lipinski definition) is 5. The second-order valence-electron chi connectivity index (χ2n) is 9.00. The average molecular weight is 502 g/mol. The van der Waals surface area contributed by atoms with Crippen molar-refractivity contribution in [3.05, 3.63) is 143 Å². The minimum Gasteiger partial charge on any atom is -0.503 e. The zero-order chi connectivity index (χ0) is 26.1. The molecular weight excluding hydrogens is 478 g/mol. The maximum atomic E-state index is 13.7. The Morgan fingerprint density at radius 1 is 0.842 bits per heavy atom. The Hall–Kier alpha value is -5.10. The number of aliphatic hydroxyl groups excluding tert-OH is 1. The molecule has 1 aliphatic rings. The van der Waals surface area contributed by atoms with Gasteiger partial charge in [0.2, 0.25) is 5.78 Å². The van der Waals surface area contributed by atoms with Gasteiger partial charge in [-0.25, -0.2) is 0 Å². The summed E-state index contributed by atoms with van der Waals surface area (Å²) in [6.45, 7) is 0.411. The van der Waals surface area contributed by atoms with E-state index in [9.17, 15) is 14.7 Å². The Morgan fingerprint density at radius 2 is 1.50 bits per heavy atom. The Kier molecular flexibility index (Phi) is 5.98. The number of aliphatic hydroxyl groups is 1. The molecular formula is C32H23NO5. The second-order valence-corrected chi connectivity index (χ2v) is 9.00. The first kappa shape index (κ1) is 23.3. The SMILES string of the molecule is O=C(C1=C(O)C(=O)N(c2ccccc2)C1c1ccc(OCc2ccccc2)cc1)c1cc2ccccc2o1. The zero-order valence-corrected chi connectivity index (χ0v) is 20.3. The number of nitrogens with zero attached hydrogens (tertiary/aromatic N) is 1. The van der Waals surface area contributed by atoms with Crippen LogP contribution in [0.5, 0.6) is 5.75 Å². The van der Waals surface area contributed by atoms with Gasteiger partial charge in [0.05, 0.1) is 11.6 Å². The van der Waals surface area contributed by atoms with Crippen molar-refractivity contribution in [3.8, 4) is 5.75 Å². The van der Waals surface area contributed by atoms with Crippen molar-refractivity contribution in [1.29, 1.82) is 0 Å². The van der Waals surface area contributed by atoms with E-state index in [1.165, 1.54) is 4.90 Å². The summed E-state index contributed by atoms with van der Waals surface area (Å²) in [4.78, 5) is 28.5. The predicted molar refractivity (Wildman–Crippen MR) is 144 cm³/mol. The van der Waals surface area contributed by atoms with Gasteiger partial charge >= 0.3 is 0 Å². The van der Waals surface area contributed by atoms with Crippen LogP contribution in [0.1, 0.15) is 27.7 Å². The first-order chi connectivity index (χ1) is 18.6. The maximum absolute atomic E-state index is 13.7. The number of Topliss-reactive ketones (excluding diaryl/α,β-unsaturated/α-hetero) is 1. The normalized spacial score (nSPS) is 15.3. The Morgan fingerprint density at radius 3 is 2.21 bits per heavy atom. The smallest absolute Gasteiger partial charge is 0.294 e. The molecule has 4 aromatic carbocycles. The number of rotatable bonds is 7. The Balaban J connectivity index is 1.37. The van der Waals surface area contributed by atoms with Crippen LogP contribution in [0.2, 0.25) is 0 Å². The van der Waals surface area contributed by atoms with Gasteiger partial charge < -0.3 is 14.3 Å². The largest absolute Gasteiger partial charge is 0.503 e. The number of amides is 1. The fourth-order valence-electron chi connectivity index (χ4n) is 4.72. The number of furan rings is 1. The first-order valence-electron chi connectivity index (χ1n) is 12.2. The monoisotopic (exact) mass is 501 g/mol. The lowest BCUT2D eigenvalue weighted by Crippen LogP contribution is -2.31. The molecule has 1 unspecified atom stereocenters. The highest BCUT2D eigenvalue weighted by Gasteiger charge is 2.45. The molecule has 6 rings (SSSR count). The number of ether oxygens (including phenoxy) is 1. The summed E-state index contributed by atoms with van der Waals surface area (Å²) in [7, 11) is 0. The van der Waals surface area contributed by atoms with Crippen LogP contribution in [0.25, 0.3) is 11.0 Å². The van der Waals surface area contributed by atoms with Crippen molar-refractivity contribution < 1.29 is 23.8 Å². The summed E-state index contributed by atoms with van der Waals surface area (Å²) in [5.74, 6) is -1.08. The van der Waals surface area contributed by atoms with Gasteiger partial charge in [-0.3, -0.25) is 14.5 Å². The highest BCUT2D eigenvalue weighted by Crippen LogP contribution is 2.42. The third-order valence-electron chi connectivity index (χ3n) is 6.58. The summed E-state index contributed by atoms with van der Waals surface area (Å²) < 4.78 is 11.7. The van der Waals surface area contributed by atoms with E-state index in [0.717, 1.165) is 10.9 Å². The molecule has 6 nitrogen and oxygen atoms in total. The number of carbonyl (C=O) groups excluding carboxylic acids is 2. The van der Waals surface area contributed by atoms with Crippen LogP contribution in [0.4, 0.5) is 5.69 Å². The summed E-state index contributed by atoms with van der Waals surface area (Å²) >= 11 is 0. The summed E-state index contributed by atoms with van der Waals surface area (Å²) in [5.41, 5.74) is 2.77. The zero-order valence-electron chi connectivity index (χ0n) is 20.3. The number of fused-ring (bicyclic) bond motifs is 1. The van der Waals surface area contributed by atoms with E-state index in [0.29, 0.717) is 29.2 Å².